The Hall–Kier alpha value is -0.941. The van der Waals surface area contributed by atoms with Crippen LogP contribution in [0.1, 0.15) is 13.3 Å². The van der Waals surface area contributed by atoms with Crippen LogP contribution in [0.3, 0.4) is 0 Å². The van der Waals surface area contributed by atoms with E-state index in [0.29, 0.717) is 0 Å². The second kappa shape index (κ2) is 14.6. The summed E-state index contributed by atoms with van der Waals surface area (Å²) in [6.45, 7) is 1.34. The Morgan fingerprint density at radius 2 is 1.64 bits per heavy atom. The SMILES string of the molecule is CN[C@@H](CC(=O)[O-])C(C)=O.[Be+2].[F-].[F-].[F-]. The van der Waals surface area contributed by atoms with Gasteiger partial charge in [0.05, 0.1) is 6.04 Å². The van der Waals surface area contributed by atoms with E-state index in [1.807, 2.05) is 0 Å². The molecule has 0 heterocycles. The molecule has 0 aromatic heterocycles. The van der Waals surface area contributed by atoms with Crippen LogP contribution in [-0.4, -0.2) is 35.0 Å². The number of carboxylic acid groups (broad SMARTS) is 1. The van der Waals surface area contributed by atoms with Gasteiger partial charge in [-0.2, -0.15) is 0 Å². The molecular weight excluding hydrogens is 200 g/mol. The predicted molar refractivity (Wildman–Crippen MR) is 38.9 cm³/mol. The van der Waals surface area contributed by atoms with Crippen LogP contribution in [-0.2, 0) is 9.59 Å². The molecule has 0 saturated heterocycles. The smallest absolute Gasteiger partial charge is 1.00 e. The average Bonchev–Trinajstić information content (AvgIpc) is 1.81. The molecule has 0 unspecified atom stereocenters. The number of ketones is 1. The Labute approximate surface area is 83.4 Å². The van der Waals surface area contributed by atoms with Crippen molar-refractivity contribution in [2.45, 2.75) is 19.4 Å². The molecule has 0 bridgehead atoms. The molecule has 0 aliphatic heterocycles. The van der Waals surface area contributed by atoms with Crippen molar-refractivity contribution >= 4 is 21.9 Å². The predicted octanol–water partition coefficient (Wildman–Crippen LogP) is -11.1. The maximum Gasteiger partial charge on any atom is 2.00 e. The molecule has 0 rings (SSSR count). The van der Waals surface area contributed by atoms with Crippen LogP contribution < -0.4 is 24.5 Å². The van der Waals surface area contributed by atoms with Gasteiger partial charge in [-0.15, -0.1) is 0 Å². The van der Waals surface area contributed by atoms with Crippen molar-refractivity contribution in [3.63, 3.8) is 0 Å². The minimum atomic E-state index is -1.21. The Bertz CT molecular complexity index is 159. The molecule has 0 spiro atoms. The first kappa shape index (κ1) is 29.2. The maximum atomic E-state index is 10.6. The number of carbonyl (C=O) groups is 2. The van der Waals surface area contributed by atoms with Gasteiger partial charge in [0.15, 0.2) is 0 Å². The Kier molecular flexibility index (Phi) is 30.4. The second-order valence-electron chi connectivity index (χ2n) is 2.03. The zero-order chi connectivity index (χ0) is 8.15. The van der Waals surface area contributed by atoms with Crippen LogP contribution in [0.4, 0.5) is 0 Å². The third-order valence-electron chi connectivity index (χ3n) is 1.21. The number of aliphatic carboxylic acids is 1. The Balaban J connectivity index is -0.0000000675. The van der Waals surface area contributed by atoms with Crippen molar-refractivity contribution in [3.05, 3.63) is 0 Å². The number of Topliss-reactive ketones (excluding diaryl/α,β-unsaturated/α-hetero) is 1. The van der Waals surface area contributed by atoms with Gasteiger partial charge in [0.1, 0.15) is 5.78 Å². The number of carbonyl (C=O) groups excluding carboxylic acids is 2. The molecule has 0 amide bonds. The van der Waals surface area contributed by atoms with E-state index in [-0.39, 0.29) is 36.4 Å². The van der Waals surface area contributed by atoms with Gasteiger partial charge in [-0.25, -0.2) is 0 Å². The van der Waals surface area contributed by atoms with Crippen LogP contribution in [0.15, 0.2) is 0 Å². The molecule has 0 aliphatic carbocycles. The number of hydrogen-bond acceptors (Lipinski definition) is 4. The first-order valence-electron chi connectivity index (χ1n) is 2.95. The standard InChI is InChI=1S/C6H11NO3.Be.3FH/c1-4(8)5(7-2)3-6(9)10;;;;/h5,7H,3H2,1-2H3,(H,9,10);;3*1H/q;+2;;;/p-4/t5-;;;;/m0..../s1. The summed E-state index contributed by atoms with van der Waals surface area (Å²) in [6.07, 6.45) is -0.258. The van der Waals surface area contributed by atoms with Crippen LogP contribution in [0, 0.1) is 0 Å². The zero-order valence-corrected chi connectivity index (χ0v) is 7.85. The number of likely N-dealkylation sites (N-methyl/N-ethyl adjacent to an activating group) is 1. The Morgan fingerprint density at radius 3 is 1.71 bits per heavy atom. The minimum Gasteiger partial charge on any atom is -1.00 e. The molecule has 1 atom stereocenters. The summed E-state index contributed by atoms with van der Waals surface area (Å²) in [4.78, 5) is 20.5. The summed E-state index contributed by atoms with van der Waals surface area (Å²) in [5, 5.41) is 12.5. The fourth-order valence-corrected chi connectivity index (χ4v) is 0.616. The summed E-state index contributed by atoms with van der Waals surface area (Å²) < 4.78 is 0. The summed E-state index contributed by atoms with van der Waals surface area (Å²) in [6, 6.07) is -0.606. The second-order valence-corrected chi connectivity index (χ2v) is 2.03. The molecule has 14 heavy (non-hydrogen) atoms. The number of nitrogens with one attached hydrogen (secondary N) is 1. The van der Waals surface area contributed by atoms with Crippen molar-refractivity contribution in [1.82, 2.24) is 5.32 Å². The molecule has 1 N–H and O–H groups in total. The molecule has 82 valence electrons. The van der Waals surface area contributed by atoms with Crippen LogP contribution >= 0.6 is 0 Å². The summed E-state index contributed by atoms with van der Waals surface area (Å²) in [5.41, 5.74) is 0. The monoisotopic (exact) mass is 210 g/mol. The van der Waals surface area contributed by atoms with E-state index in [4.69, 9.17) is 0 Å². The normalized spacial score (nSPS) is 9.00. The third-order valence-corrected chi connectivity index (χ3v) is 1.21. The van der Waals surface area contributed by atoms with E-state index in [9.17, 15) is 14.7 Å². The quantitative estimate of drug-likeness (QED) is 0.468. The van der Waals surface area contributed by atoms with Gasteiger partial charge in [0.2, 0.25) is 0 Å². The molecule has 0 fully saturated rings. The fraction of sp³-hybridized carbons (Fsp3) is 0.667. The van der Waals surface area contributed by atoms with Crippen molar-refractivity contribution in [3.8, 4) is 0 Å². The van der Waals surface area contributed by atoms with Gasteiger partial charge < -0.3 is 29.3 Å². The molecule has 0 saturated carbocycles. The maximum absolute atomic E-state index is 10.6. The molecule has 0 radical (unpaired) electrons. The average molecular weight is 210 g/mol. The Morgan fingerprint density at radius 1 is 1.29 bits per heavy atom. The first-order chi connectivity index (χ1) is 4.57. The van der Waals surface area contributed by atoms with Gasteiger partial charge in [0, 0.05) is 12.4 Å². The number of hydrogen-bond donors (Lipinski definition) is 1. The van der Waals surface area contributed by atoms with Crippen molar-refractivity contribution in [2.75, 3.05) is 7.05 Å². The third kappa shape index (κ3) is 13.6. The molecule has 0 aliphatic rings. The fourth-order valence-electron chi connectivity index (χ4n) is 0.616. The summed E-state index contributed by atoms with van der Waals surface area (Å²) >= 11 is 0. The molecule has 0 aromatic carbocycles. The van der Waals surface area contributed by atoms with E-state index in [0.717, 1.165) is 0 Å². The van der Waals surface area contributed by atoms with Gasteiger partial charge in [-0.05, 0) is 14.0 Å². The largest absolute Gasteiger partial charge is 2.00 e. The zero-order valence-electron chi connectivity index (χ0n) is 7.85. The number of rotatable bonds is 4. The molecular formula is C6H10BeF3NO3-2. The minimum absolute atomic E-state index is 0. The van der Waals surface area contributed by atoms with E-state index >= 15 is 0 Å². The van der Waals surface area contributed by atoms with Gasteiger partial charge in [-0.1, -0.05) is 0 Å². The molecule has 0 aromatic rings. The van der Waals surface area contributed by atoms with Crippen LogP contribution in [0.5, 0.6) is 0 Å². The molecule has 4 nitrogen and oxygen atoms in total. The van der Waals surface area contributed by atoms with Gasteiger partial charge in [-0.3, -0.25) is 4.79 Å². The first-order valence-corrected chi connectivity index (χ1v) is 2.95. The van der Waals surface area contributed by atoms with Crippen molar-refractivity contribution in [2.24, 2.45) is 0 Å². The van der Waals surface area contributed by atoms with E-state index in [2.05, 4.69) is 5.32 Å². The number of carboxylic acids is 1. The topological polar surface area (TPSA) is 69.2 Å². The van der Waals surface area contributed by atoms with Crippen LogP contribution in [0.2, 0.25) is 0 Å². The number of halogens is 3. The molecule has 8 heteroatoms. The summed E-state index contributed by atoms with van der Waals surface area (Å²) in [7, 11) is 1.54. The van der Waals surface area contributed by atoms with Crippen molar-refractivity contribution in [1.29, 1.82) is 0 Å². The van der Waals surface area contributed by atoms with Gasteiger partial charge >= 0.3 is 10.1 Å². The van der Waals surface area contributed by atoms with E-state index in [1.165, 1.54) is 14.0 Å². The van der Waals surface area contributed by atoms with Gasteiger partial charge in [0.25, 0.3) is 0 Å². The van der Waals surface area contributed by atoms with Crippen molar-refractivity contribution < 1.29 is 28.8 Å². The van der Waals surface area contributed by atoms with Crippen LogP contribution in [0.25, 0.3) is 0 Å². The van der Waals surface area contributed by atoms with E-state index in [1.54, 1.807) is 0 Å². The summed E-state index contributed by atoms with van der Waals surface area (Å²) in [5.74, 6) is -1.40. The van der Waals surface area contributed by atoms with E-state index < -0.39 is 12.0 Å².